The highest BCUT2D eigenvalue weighted by atomic mass is 16.1. The Hall–Kier alpha value is -2.10. The molecule has 0 bridgehead atoms. The first-order valence-corrected chi connectivity index (χ1v) is 5.09. The molecule has 2 aromatic rings. The molecule has 0 aliphatic rings. The second-order valence-corrected chi connectivity index (χ2v) is 3.43. The fraction of sp³-hybridized carbons (Fsp3) is 0.167. The predicted molar refractivity (Wildman–Crippen MR) is 63.6 cm³/mol. The fourth-order valence-corrected chi connectivity index (χ4v) is 1.47. The van der Waals surface area contributed by atoms with E-state index in [2.05, 4.69) is 10.3 Å². The van der Waals surface area contributed by atoms with Crippen LogP contribution in [0.15, 0.2) is 47.4 Å². The summed E-state index contributed by atoms with van der Waals surface area (Å²) in [5.74, 6) is 0.807. The zero-order valence-electron chi connectivity index (χ0n) is 9.05. The van der Waals surface area contributed by atoms with Crippen LogP contribution in [0.2, 0.25) is 0 Å². The van der Waals surface area contributed by atoms with Crippen molar-refractivity contribution in [3.05, 3.63) is 58.6 Å². The second-order valence-electron chi connectivity index (χ2n) is 3.43. The van der Waals surface area contributed by atoms with Crippen molar-refractivity contribution in [1.29, 1.82) is 0 Å². The average Bonchev–Trinajstić information content (AvgIpc) is 2.32. The highest BCUT2D eigenvalue weighted by Gasteiger charge is 1.98. The van der Waals surface area contributed by atoms with Gasteiger partial charge in [0.2, 0.25) is 0 Å². The molecule has 0 aliphatic carbocycles. The Morgan fingerprint density at radius 1 is 1.25 bits per heavy atom. The van der Waals surface area contributed by atoms with Crippen LogP contribution in [0.1, 0.15) is 5.69 Å². The van der Waals surface area contributed by atoms with E-state index in [-0.39, 0.29) is 5.56 Å². The Morgan fingerprint density at radius 3 is 2.88 bits per heavy atom. The maximum Gasteiger partial charge on any atom is 0.250 e. The lowest BCUT2D eigenvalue weighted by atomic mass is 10.3. The van der Waals surface area contributed by atoms with Gasteiger partial charge in [-0.05, 0) is 18.2 Å². The van der Waals surface area contributed by atoms with Crippen LogP contribution in [0.5, 0.6) is 0 Å². The van der Waals surface area contributed by atoms with Gasteiger partial charge in [-0.15, -0.1) is 0 Å². The number of rotatable bonds is 3. The van der Waals surface area contributed by atoms with Crippen molar-refractivity contribution in [2.24, 2.45) is 0 Å². The van der Waals surface area contributed by atoms with E-state index in [0.29, 0.717) is 6.54 Å². The van der Waals surface area contributed by atoms with Gasteiger partial charge in [-0.3, -0.25) is 4.79 Å². The van der Waals surface area contributed by atoms with Crippen molar-refractivity contribution >= 4 is 5.82 Å². The van der Waals surface area contributed by atoms with Crippen LogP contribution in [-0.4, -0.2) is 16.6 Å². The minimum absolute atomic E-state index is 0.0147. The van der Waals surface area contributed by atoms with E-state index in [1.807, 2.05) is 31.3 Å². The summed E-state index contributed by atoms with van der Waals surface area (Å²) in [5, 5.41) is 2.97. The van der Waals surface area contributed by atoms with Gasteiger partial charge in [-0.2, -0.15) is 0 Å². The number of hydrogen-bond acceptors (Lipinski definition) is 3. The van der Waals surface area contributed by atoms with Gasteiger partial charge < -0.3 is 9.88 Å². The minimum Gasteiger partial charge on any atom is -0.373 e. The first-order valence-electron chi connectivity index (χ1n) is 5.09. The summed E-state index contributed by atoms with van der Waals surface area (Å²) in [6, 6.07) is 10.8. The lowest BCUT2D eigenvalue weighted by molar-refractivity contribution is 0.740. The van der Waals surface area contributed by atoms with Crippen LogP contribution in [-0.2, 0) is 6.54 Å². The van der Waals surface area contributed by atoms with Crippen molar-refractivity contribution in [3.63, 3.8) is 0 Å². The van der Waals surface area contributed by atoms with Crippen LogP contribution in [0, 0.1) is 0 Å². The molecule has 2 heterocycles. The summed E-state index contributed by atoms with van der Waals surface area (Å²) < 4.78 is 1.63. The molecule has 1 N–H and O–H groups in total. The molecule has 16 heavy (non-hydrogen) atoms. The van der Waals surface area contributed by atoms with Crippen LogP contribution in [0.4, 0.5) is 5.82 Å². The van der Waals surface area contributed by atoms with Crippen molar-refractivity contribution in [1.82, 2.24) is 9.55 Å². The third-order valence-electron chi connectivity index (χ3n) is 2.29. The molecule has 0 aliphatic heterocycles. The van der Waals surface area contributed by atoms with E-state index >= 15 is 0 Å². The van der Waals surface area contributed by atoms with E-state index in [0.717, 1.165) is 11.5 Å². The van der Waals surface area contributed by atoms with E-state index in [4.69, 9.17) is 0 Å². The zero-order chi connectivity index (χ0) is 11.4. The highest BCUT2D eigenvalue weighted by Crippen LogP contribution is 2.04. The Labute approximate surface area is 93.6 Å². The van der Waals surface area contributed by atoms with Gasteiger partial charge in [0.1, 0.15) is 5.82 Å². The summed E-state index contributed by atoms with van der Waals surface area (Å²) in [6.07, 6.45) is 1.76. The maximum absolute atomic E-state index is 11.5. The molecule has 4 heteroatoms. The number of hydrogen-bond donors (Lipinski definition) is 1. The summed E-state index contributed by atoms with van der Waals surface area (Å²) >= 11 is 0. The molecule has 0 amide bonds. The van der Waals surface area contributed by atoms with Crippen LogP contribution in [0.25, 0.3) is 0 Å². The molecule has 4 nitrogen and oxygen atoms in total. The summed E-state index contributed by atoms with van der Waals surface area (Å²) in [7, 11) is 1.82. The Kier molecular flexibility index (Phi) is 3.00. The van der Waals surface area contributed by atoms with Gasteiger partial charge >= 0.3 is 0 Å². The van der Waals surface area contributed by atoms with Gasteiger partial charge in [0, 0.05) is 19.3 Å². The Bertz CT molecular complexity index is 534. The molecule has 0 radical (unpaired) electrons. The van der Waals surface area contributed by atoms with E-state index < -0.39 is 0 Å². The monoisotopic (exact) mass is 215 g/mol. The molecule has 0 atom stereocenters. The predicted octanol–water partition coefficient (Wildman–Crippen LogP) is 1.33. The molecule has 0 unspecified atom stereocenters. The SMILES string of the molecule is CNc1cccc(Cn2ccccc2=O)n1. The Balaban J connectivity index is 2.27. The number of anilines is 1. The Morgan fingerprint density at radius 2 is 2.12 bits per heavy atom. The number of pyridine rings is 2. The largest absolute Gasteiger partial charge is 0.373 e. The summed E-state index contributed by atoms with van der Waals surface area (Å²) in [5.41, 5.74) is 0.847. The molecule has 2 rings (SSSR count). The third-order valence-corrected chi connectivity index (χ3v) is 2.29. The number of nitrogens with zero attached hydrogens (tertiary/aromatic N) is 2. The lowest BCUT2D eigenvalue weighted by Gasteiger charge is -2.06. The maximum atomic E-state index is 11.5. The van der Waals surface area contributed by atoms with Crippen LogP contribution < -0.4 is 10.9 Å². The normalized spacial score (nSPS) is 10.1. The zero-order valence-corrected chi connectivity index (χ0v) is 9.05. The number of aromatic nitrogens is 2. The first kappa shape index (κ1) is 10.4. The lowest BCUT2D eigenvalue weighted by Crippen LogP contribution is -2.18. The molecule has 0 aromatic carbocycles. The van der Waals surface area contributed by atoms with Crippen molar-refractivity contribution in [2.75, 3.05) is 12.4 Å². The highest BCUT2D eigenvalue weighted by molar-refractivity contribution is 5.34. The summed E-state index contributed by atoms with van der Waals surface area (Å²) in [4.78, 5) is 15.9. The molecular formula is C12H13N3O. The van der Waals surface area contributed by atoms with Crippen LogP contribution in [0.3, 0.4) is 0 Å². The second kappa shape index (κ2) is 4.61. The topological polar surface area (TPSA) is 46.9 Å². The van der Waals surface area contributed by atoms with Gasteiger partial charge in [0.05, 0.1) is 12.2 Å². The van der Waals surface area contributed by atoms with Crippen molar-refractivity contribution < 1.29 is 0 Å². The van der Waals surface area contributed by atoms with Gasteiger partial charge in [0.15, 0.2) is 0 Å². The molecule has 0 fully saturated rings. The third kappa shape index (κ3) is 2.28. The average molecular weight is 215 g/mol. The molecule has 82 valence electrons. The van der Waals surface area contributed by atoms with Gasteiger partial charge in [-0.1, -0.05) is 12.1 Å². The fourth-order valence-electron chi connectivity index (χ4n) is 1.47. The molecular weight excluding hydrogens is 202 g/mol. The number of nitrogens with one attached hydrogen (secondary N) is 1. The minimum atomic E-state index is -0.0147. The van der Waals surface area contributed by atoms with E-state index in [1.165, 1.54) is 0 Å². The first-order chi connectivity index (χ1) is 7.79. The quantitative estimate of drug-likeness (QED) is 0.840. The molecule has 2 aromatic heterocycles. The van der Waals surface area contributed by atoms with Gasteiger partial charge in [0.25, 0.3) is 5.56 Å². The standard InChI is InChI=1S/C12H13N3O/c1-13-11-6-4-5-10(14-11)9-15-8-3-2-7-12(15)16/h2-8H,9H2,1H3,(H,13,14). The molecule has 0 saturated carbocycles. The summed E-state index contributed by atoms with van der Waals surface area (Å²) in [6.45, 7) is 0.495. The van der Waals surface area contributed by atoms with Crippen molar-refractivity contribution in [2.45, 2.75) is 6.54 Å². The van der Waals surface area contributed by atoms with E-state index in [9.17, 15) is 4.79 Å². The van der Waals surface area contributed by atoms with Crippen molar-refractivity contribution in [3.8, 4) is 0 Å². The molecule has 0 saturated heterocycles. The van der Waals surface area contributed by atoms with Gasteiger partial charge in [-0.25, -0.2) is 4.98 Å². The van der Waals surface area contributed by atoms with E-state index in [1.54, 1.807) is 22.9 Å². The molecule has 0 spiro atoms. The van der Waals surface area contributed by atoms with Crippen LogP contribution >= 0.6 is 0 Å². The smallest absolute Gasteiger partial charge is 0.250 e.